The van der Waals surface area contributed by atoms with Crippen molar-refractivity contribution in [3.8, 4) is 22.8 Å². The number of carbonyl (C=O) groups is 1. The van der Waals surface area contributed by atoms with E-state index >= 15 is 0 Å². The van der Waals surface area contributed by atoms with Crippen LogP contribution in [0, 0.1) is 0 Å². The third-order valence-electron chi connectivity index (χ3n) is 5.96. The Morgan fingerprint density at radius 2 is 1.74 bits per heavy atom. The monoisotopic (exact) mass is 599 g/mol. The number of hydrogen-bond acceptors (Lipinski definition) is 5. The Kier molecular flexibility index (Phi) is 8.20. The maximum absolute atomic E-state index is 13.3. The van der Waals surface area contributed by atoms with Crippen molar-refractivity contribution in [2.75, 3.05) is 7.11 Å². The number of amides is 1. The van der Waals surface area contributed by atoms with Gasteiger partial charge in [-0.1, -0.05) is 88.2 Å². The predicted octanol–water partition coefficient (Wildman–Crippen LogP) is 7.67. The Labute approximate surface area is 239 Å². The predicted molar refractivity (Wildman–Crippen MR) is 159 cm³/mol. The normalized spacial score (nSPS) is 11.1. The summed E-state index contributed by atoms with van der Waals surface area (Å²) in [7, 11) is 1.57. The summed E-state index contributed by atoms with van der Waals surface area (Å²) in [5, 5.41) is 5.64. The van der Waals surface area contributed by atoms with E-state index in [1.165, 1.54) is 6.21 Å². The molecular formula is C31H23BrClN3O3. The van der Waals surface area contributed by atoms with Crippen LogP contribution in [0.5, 0.6) is 11.5 Å². The number of aromatic nitrogens is 1. The topological polar surface area (TPSA) is 72.8 Å². The summed E-state index contributed by atoms with van der Waals surface area (Å²) < 4.78 is 12.4. The maximum atomic E-state index is 13.3. The number of hydrazone groups is 1. The SMILES string of the molecule is COc1cc(Br)cc(/C=N\NC(=O)c2cc(-c3ccccc3)nc3ccccc23)c1OCc1ccc(Cl)cc1. The first-order valence-electron chi connectivity index (χ1n) is 12.0. The van der Waals surface area contributed by atoms with Crippen molar-refractivity contribution >= 4 is 50.6 Å². The highest BCUT2D eigenvalue weighted by molar-refractivity contribution is 9.10. The van der Waals surface area contributed by atoms with E-state index < -0.39 is 0 Å². The fourth-order valence-electron chi connectivity index (χ4n) is 4.07. The highest BCUT2D eigenvalue weighted by Crippen LogP contribution is 2.35. The number of fused-ring (bicyclic) bond motifs is 1. The molecule has 8 heteroatoms. The molecule has 0 atom stereocenters. The van der Waals surface area contributed by atoms with Crippen LogP contribution in [0.4, 0.5) is 0 Å². The molecule has 1 amide bonds. The number of methoxy groups -OCH3 is 1. The Morgan fingerprint density at radius 3 is 2.51 bits per heavy atom. The first kappa shape index (κ1) is 26.4. The summed E-state index contributed by atoms with van der Waals surface area (Å²) >= 11 is 9.50. The number of para-hydroxylation sites is 1. The minimum Gasteiger partial charge on any atom is -0.493 e. The van der Waals surface area contributed by atoms with Gasteiger partial charge in [-0.2, -0.15) is 5.10 Å². The van der Waals surface area contributed by atoms with Crippen LogP contribution in [-0.2, 0) is 6.61 Å². The molecule has 39 heavy (non-hydrogen) atoms. The quantitative estimate of drug-likeness (QED) is 0.147. The van der Waals surface area contributed by atoms with Crippen LogP contribution >= 0.6 is 27.5 Å². The van der Waals surface area contributed by atoms with E-state index in [0.717, 1.165) is 26.5 Å². The van der Waals surface area contributed by atoms with Gasteiger partial charge in [0, 0.05) is 26.0 Å². The third-order valence-corrected chi connectivity index (χ3v) is 6.67. The Hall–Kier alpha value is -4.20. The Bertz CT molecular complexity index is 1660. The summed E-state index contributed by atoms with van der Waals surface area (Å²) in [6, 6.07) is 30.1. The summed E-state index contributed by atoms with van der Waals surface area (Å²) in [5.74, 6) is 0.667. The zero-order chi connectivity index (χ0) is 27.2. The van der Waals surface area contributed by atoms with Crippen molar-refractivity contribution in [2.45, 2.75) is 6.61 Å². The molecular weight excluding hydrogens is 578 g/mol. The van der Waals surface area contributed by atoms with Gasteiger partial charge in [0.15, 0.2) is 11.5 Å². The summed E-state index contributed by atoms with van der Waals surface area (Å²) in [4.78, 5) is 18.1. The van der Waals surface area contributed by atoms with Crippen molar-refractivity contribution in [2.24, 2.45) is 5.10 Å². The molecule has 0 aliphatic rings. The number of rotatable bonds is 8. The molecule has 0 fully saturated rings. The number of nitrogens with zero attached hydrogens (tertiary/aromatic N) is 2. The molecule has 0 bridgehead atoms. The number of pyridine rings is 1. The van der Waals surface area contributed by atoms with Gasteiger partial charge in [0.25, 0.3) is 5.91 Å². The molecule has 0 spiro atoms. The molecule has 1 aromatic heterocycles. The molecule has 5 rings (SSSR count). The molecule has 0 unspecified atom stereocenters. The second kappa shape index (κ2) is 12.1. The molecule has 194 valence electrons. The van der Waals surface area contributed by atoms with Crippen molar-refractivity contribution in [1.29, 1.82) is 0 Å². The van der Waals surface area contributed by atoms with E-state index in [4.69, 9.17) is 26.1 Å². The highest BCUT2D eigenvalue weighted by atomic mass is 79.9. The number of ether oxygens (including phenoxy) is 2. The van der Waals surface area contributed by atoms with Crippen LogP contribution in [0.3, 0.4) is 0 Å². The number of halogens is 2. The van der Waals surface area contributed by atoms with Gasteiger partial charge in [0.05, 0.1) is 30.1 Å². The lowest BCUT2D eigenvalue weighted by Crippen LogP contribution is -2.18. The first-order chi connectivity index (χ1) is 19.0. The molecule has 6 nitrogen and oxygen atoms in total. The first-order valence-corrected chi connectivity index (χ1v) is 13.2. The van der Waals surface area contributed by atoms with Gasteiger partial charge in [-0.3, -0.25) is 4.79 Å². The lowest BCUT2D eigenvalue weighted by atomic mass is 10.0. The molecule has 0 saturated heterocycles. The van der Waals surface area contributed by atoms with E-state index in [1.807, 2.05) is 84.9 Å². The highest BCUT2D eigenvalue weighted by Gasteiger charge is 2.15. The van der Waals surface area contributed by atoms with E-state index in [1.54, 1.807) is 19.2 Å². The van der Waals surface area contributed by atoms with Gasteiger partial charge in [0.1, 0.15) is 6.61 Å². The van der Waals surface area contributed by atoms with E-state index in [0.29, 0.717) is 39.9 Å². The lowest BCUT2D eigenvalue weighted by Gasteiger charge is -2.14. The maximum Gasteiger partial charge on any atom is 0.272 e. The number of nitrogens with one attached hydrogen (secondary N) is 1. The Balaban J connectivity index is 1.42. The van der Waals surface area contributed by atoms with E-state index in [9.17, 15) is 4.79 Å². The summed E-state index contributed by atoms with van der Waals surface area (Å²) in [6.45, 7) is 0.299. The van der Waals surface area contributed by atoms with Crippen molar-refractivity contribution in [3.63, 3.8) is 0 Å². The van der Waals surface area contributed by atoms with Gasteiger partial charge in [-0.05, 0) is 42.0 Å². The average Bonchev–Trinajstić information content (AvgIpc) is 2.97. The summed E-state index contributed by atoms with van der Waals surface area (Å²) in [5.41, 5.74) is 7.05. The molecule has 0 radical (unpaired) electrons. The smallest absolute Gasteiger partial charge is 0.272 e. The minimum atomic E-state index is -0.354. The van der Waals surface area contributed by atoms with Gasteiger partial charge in [0.2, 0.25) is 0 Å². The van der Waals surface area contributed by atoms with Crippen molar-refractivity contribution in [3.05, 3.63) is 123 Å². The van der Waals surface area contributed by atoms with Crippen molar-refractivity contribution < 1.29 is 14.3 Å². The zero-order valence-electron chi connectivity index (χ0n) is 20.9. The van der Waals surface area contributed by atoms with Gasteiger partial charge < -0.3 is 9.47 Å². The molecule has 0 saturated carbocycles. The Morgan fingerprint density at radius 1 is 1.00 bits per heavy atom. The third kappa shape index (κ3) is 6.28. The fourth-order valence-corrected chi connectivity index (χ4v) is 4.65. The minimum absolute atomic E-state index is 0.299. The van der Waals surface area contributed by atoms with Gasteiger partial charge >= 0.3 is 0 Å². The van der Waals surface area contributed by atoms with Crippen LogP contribution in [0.2, 0.25) is 5.02 Å². The second-order valence-corrected chi connectivity index (χ2v) is 9.93. The largest absolute Gasteiger partial charge is 0.493 e. The molecule has 1 N–H and O–H groups in total. The van der Waals surface area contributed by atoms with Gasteiger partial charge in [-0.15, -0.1) is 0 Å². The number of benzene rings is 4. The average molecular weight is 601 g/mol. The van der Waals surface area contributed by atoms with Gasteiger partial charge in [-0.25, -0.2) is 10.4 Å². The molecule has 0 aliphatic carbocycles. The lowest BCUT2D eigenvalue weighted by molar-refractivity contribution is 0.0956. The number of hydrogen-bond donors (Lipinski definition) is 1. The number of carbonyl (C=O) groups excluding carboxylic acids is 1. The van der Waals surface area contributed by atoms with E-state index in [-0.39, 0.29) is 5.91 Å². The van der Waals surface area contributed by atoms with Crippen LogP contribution in [0.25, 0.3) is 22.2 Å². The van der Waals surface area contributed by atoms with E-state index in [2.05, 4.69) is 26.5 Å². The van der Waals surface area contributed by atoms with Crippen molar-refractivity contribution in [1.82, 2.24) is 10.4 Å². The second-order valence-electron chi connectivity index (χ2n) is 8.58. The van der Waals surface area contributed by atoms with Crippen LogP contribution in [0.15, 0.2) is 107 Å². The van der Waals surface area contributed by atoms with Crippen LogP contribution in [-0.4, -0.2) is 24.2 Å². The molecule has 1 heterocycles. The molecule has 5 aromatic rings. The van der Waals surface area contributed by atoms with Crippen LogP contribution in [0.1, 0.15) is 21.5 Å². The molecule has 4 aromatic carbocycles. The fraction of sp³-hybridized carbons (Fsp3) is 0.0645. The molecule has 0 aliphatic heterocycles. The van der Waals surface area contributed by atoms with Crippen LogP contribution < -0.4 is 14.9 Å². The zero-order valence-corrected chi connectivity index (χ0v) is 23.2. The summed E-state index contributed by atoms with van der Waals surface area (Å²) in [6.07, 6.45) is 1.53. The standard InChI is InChI=1S/C31H23BrClN3O3/c1-38-29-16-23(32)15-22(30(29)39-19-20-11-13-24(33)14-12-20)18-34-36-31(37)26-17-28(21-7-3-2-4-8-21)35-27-10-6-5-9-25(26)27/h2-18H,19H2,1H3,(H,36,37)/b34-18-.